The van der Waals surface area contributed by atoms with Gasteiger partial charge in [0.25, 0.3) is 0 Å². The molecule has 0 aliphatic carbocycles. The summed E-state index contributed by atoms with van der Waals surface area (Å²) in [6.07, 6.45) is 0. The van der Waals surface area contributed by atoms with E-state index < -0.39 is 5.25 Å². The number of hydrogen-bond acceptors (Lipinski definition) is 7. The molecule has 0 N–H and O–H groups in total. The molecule has 0 aliphatic rings. The molecule has 0 saturated heterocycles. The first kappa shape index (κ1) is 26.2. The van der Waals surface area contributed by atoms with Crippen molar-refractivity contribution in [1.29, 1.82) is 0 Å². The molecular formula is C28H30N4O4S. The summed E-state index contributed by atoms with van der Waals surface area (Å²) < 4.78 is 13.8. The molecule has 4 rings (SSSR count). The monoisotopic (exact) mass is 518 g/mol. The third-order valence-electron chi connectivity index (χ3n) is 5.98. The van der Waals surface area contributed by atoms with Gasteiger partial charge in [0.1, 0.15) is 17.7 Å². The molecule has 4 aromatic rings. The highest BCUT2D eigenvalue weighted by Crippen LogP contribution is 2.40. The molecule has 0 unspecified atom stereocenters. The van der Waals surface area contributed by atoms with Crippen molar-refractivity contribution in [3.05, 3.63) is 105 Å². The Labute approximate surface area is 220 Å². The molecule has 1 aromatic heterocycles. The quantitative estimate of drug-likeness (QED) is 0.131. The van der Waals surface area contributed by atoms with Gasteiger partial charge >= 0.3 is 0 Å². The number of aryl methyl sites for hydroxylation is 3. The molecule has 0 fully saturated rings. The Kier molecular flexibility index (Phi) is 8.45. The molecule has 0 aliphatic heterocycles. The number of aromatic nitrogens is 3. The minimum Gasteiger partial charge on any atom is -0.490 e. The Morgan fingerprint density at radius 1 is 0.946 bits per heavy atom. The highest BCUT2D eigenvalue weighted by molar-refractivity contribution is 7.99. The van der Waals surface area contributed by atoms with E-state index in [4.69, 9.17) is 9.47 Å². The molecule has 9 heteroatoms. The summed E-state index contributed by atoms with van der Waals surface area (Å²) in [6, 6.07) is 21.5. The summed E-state index contributed by atoms with van der Waals surface area (Å²) in [6.45, 7) is 8.44. The largest absolute Gasteiger partial charge is 0.490 e. The van der Waals surface area contributed by atoms with E-state index in [0.29, 0.717) is 35.7 Å². The molecule has 0 amide bonds. The zero-order chi connectivity index (χ0) is 26.4. The molecule has 0 bridgehead atoms. The Balaban J connectivity index is 1.64. The van der Waals surface area contributed by atoms with Gasteiger partial charge in [0.05, 0.1) is 6.61 Å². The molecule has 0 radical (unpaired) electrons. The number of rotatable bonds is 11. The van der Waals surface area contributed by atoms with Gasteiger partial charge in [-0.3, -0.25) is 14.7 Å². The fourth-order valence-electron chi connectivity index (χ4n) is 3.90. The van der Waals surface area contributed by atoms with Crippen molar-refractivity contribution in [1.82, 2.24) is 14.8 Å². The number of hydrogen-bond donors (Lipinski definition) is 0. The second kappa shape index (κ2) is 11.9. The maximum atomic E-state index is 11.6. The number of nitro groups is 1. The van der Waals surface area contributed by atoms with Crippen LogP contribution in [0.25, 0.3) is 5.69 Å². The van der Waals surface area contributed by atoms with Crippen LogP contribution in [-0.2, 0) is 6.61 Å². The van der Waals surface area contributed by atoms with Crippen LogP contribution in [0.5, 0.6) is 11.5 Å². The summed E-state index contributed by atoms with van der Waals surface area (Å²) in [5.41, 5.74) is 5.05. The van der Waals surface area contributed by atoms with Crippen LogP contribution < -0.4 is 9.47 Å². The third kappa shape index (κ3) is 6.48. The Morgan fingerprint density at radius 2 is 1.73 bits per heavy atom. The number of benzene rings is 3. The fraction of sp³-hybridized carbons (Fsp3) is 0.286. The lowest BCUT2D eigenvalue weighted by molar-refractivity contribution is -0.479. The molecular weight excluding hydrogens is 488 g/mol. The lowest BCUT2D eigenvalue weighted by Crippen LogP contribution is -2.12. The van der Waals surface area contributed by atoms with Crippen LogP contribution in [0.2, 0.25) is 0 Å². The van der Waals surface area contributed by atoms with Crippen LogP contribution >= 0.6 is 11.8 Å². The van der Waals surface area contributed by atoms with E-state index in [1.54, 1.807) is 0 Å². The van der Waals surface area contributed by atoms with E-state index in [1.165, 1.54) is 17.3 Å². The fourth-order valence-corrected chi connectivity index (χ4v) is 5.07. The topological polar surface area (TPSA) is 92.3 Å². The Hall–Kier alpha value is -3.85. The molecule has 1 heterocycles. The molecule has 3 aromatic carbocycles. The maximum Gasteiger partial charge on any atom is 0.220 e. The lowest BCUT2D eigenvalue weighted by atomic mass is 10.1. The minimum absolute atomic E-state index is 0.278. The van der Waals surface area contributed by atoms with Gasteiger partial charge in [-0.1, -0.05) is 54.2 Å². The van der Waals surface area contributed by atoms with Crippen molar-refractivity contribution in [3.63, 3.8) is 0 Å². The van der Waals surface area contributed by atoms with Crippen molar-refractivity contribution in [3.8, 4) is 17.2 Å². The zero-order valence-electron chi connectivity index (χ0n) is 21.4. The molecule has 192 valence electrons. The minimum atomic E-state index is -0.508. The van der Waals surface area contributed by atoms with Crippen molar-refractivity contribution in [2.75, 3.05) is 13.2 Å². The summed E-state index contributed by atoms with van der Waals surface area (Å²) in [5, 5.41) is 20.3. The van der Waals surface area contributed by atoms with Crippen molar-refractivity contribution >= 4 is 11.8 Å². The van der Waals surface area contributed by atoms with E-state index in [2.05, 4.69) is 36.2 Å². The standard InChI is InChI=1S/C28H30N4O4S/c1-5-35-26-16-23(12-14-25(26)36-18-22-9-7-6-8-10-22)27(17-31(33)34)37-28-30-29-21(4)32(28)24-13-11-19(2)20(3)15-24/h6-16,27H,5,17-18H2,1-4H3/t27-/m0/s1. The highest BCUT2D eigenvalue weighted by Gasteiger charge is 2.25. The van der Waals surface area contributed by atoms with E-state index in [1.807, 2.05) is 73.0 Å². The van der Waals surface area contributed by atoms with Crippen molar-refractivity contribution < 1.29 is 14.4 Å². The lowest BCUT2D eigenvalue weighted by Gasteiger charge is -2.18. The second-order valence-corrected chi connectivity index (χ2v) is 9.84. The normalized spacial score (nSPS) is 11.8. The van der Waals surface area contributed by atoms with E-state index in [0.717, 1.165) is 22.4 Å². The van der Waals surface area contributed by atoms with Gasteiger partial charge in [0.2, 0.25) is 6.54 Å². The Bertz CT molecular complexity index is 1370. The predicted molar refractivity (Wildman–Crippen MR) is 144 cm³/mol. The van der Waals surface area contributed by atoms with Crippen LogP contribution in [0.15, 0.2) is 71.9 Å². The molecule has 0 spiro atoms. The second-order valence-electron chi connectivity index (χ2n) is 8.67. The first-order valence-electron chi connectivity index (χ1n) is 12.1. The third-order valence-corrected chi connectivity index (χ3v) is 7.16. The SMILES string of the molecule is CCOc1cc([C@H](C[N+](=O)[O-])Sc2nnc(C)n2-c2ccc(C)c(C)c2)ccc1OCc1ccccc1. The van der Waals surface area contributed by atoms with Gasteiger partial charge in [-0.2, -0.15) is 0 Å². The number of ether oxygens (including phenoxy) is 2. The summed E-state index contributed by atoms with van der Waals surface area (Å²) in [4.78, 5) is 11.3. The molecule has 37 heavy (non-hydrogen) atoms. The van der Waals surface area contributed by atoms with Gasteiger partial charge in [-0.05, 0) is 74.2 Å². The summed E-state index contributed by atoms with van der Waals surface area (Å²) in [7, 11) is 0. The van der Waals surface area contributed by atoms with Crippen LogP contribution in [0.4, 0.5) is 0 Å². The van der Waals surface area contributed by atoms with E-state index >= 15 is 0 Å². The zero-order valence-corrected chi connectivity index (χ0v) is 22.2. The first-order chi connectivity index (χ1) is 17.9. The van der Waals surface area contributed by atoms with Gasteiger partial charge in [-0.25, -0.2) is 0 Å². The van der Waals surface area contributed by atoms with Crippen molar-refractivity contribution in [2.45, 2.75) is 44.7 Å². The van der Waals surface area contributed by atoms with Gasteiger partial charge < -0.3 is 9.47 Å². The average molecular weight is 519 g/mol. The predicted octanol–water partition coefficient (Wildman–Crippen LogP) is 6.28. The molecule has 0 saturated carbocycles. The van der Waals surface area contributed by atoms with Gasteiger partial charge in [0.15, 0.2) is 16.7 Å². The first-order valence-corrected chi connectivity index (χ1v) is 12.9. The number of thioether (sulfide) groups is 1. The van der Waals surface area contributed by atoms with Gasteiger partial charge in [0, 0.05) is 10.6 Å². The summed E-state index contributed by atoms with van der Waals surface area (Å²) >= 11 is 1.32. The molecule has 1 atom stereocenters. The smallest absolute Gasteiger partial charge is 0.220 e. The van der Waals surface area contributed by atoms with Crippen LogP contribution in [0.3, 0.4) is 0 Å². The van der Waals surface area contributed by atoms with E-state index in [9.17, 15) is 10.1 Å². The van der Waals surface area contributed by atoms with E-state index in [-0.39, 0.29) is 11.5 Å². The van der Waals surface area contributed by atoms with Crippen LogP contribution in [0.1, 0.15) is 40.3 Å². The summed E-state index contributed by atoms with van der Waals surface area (Å²) in [5.74, 6) is 1.86. The van der Waals surface area contributed by atoms with Crippen LogP contribution in [-0.4, -0.2) is 32.8 Å². The van der Waals surface area contributed by atoms with Crippen LogP contribution in [0, 0.1) is 30.9 Å². The average Bonchev–Trinajstić information content (AvgIpc) is 3.24. The maximum absolute atomic E-state index is 11.6. The Morgan fingerprint density at radius 3 is 2.43 bits per heavy atom. The van der Waals surface area contributed by atoms with Gasteiger partial charge in [-0.15, -0.1) is 10.2 Å². The highest BCUT2D eigenvalue weighted by atomic mass is 32.2. The van der Waals surface area contributed by atoms with Crippen molar-refractivity contribution in [2.24, 2.45) is 0 Å². The molecule has 8 nitrogen and oxygen atoms in total. The number of nitrogens with zero attached hydrogens (tertiary/aromatic N) is 4.